The molecule has 0 bridgehead atoms. The van der Waals surface area contributed by atoms with Crippen molar-refractivity contribution in [1.82, 2.24) is 10.6 Å². The normalized spacial score (nSPS) is 14.2. The maximum atomic E-state index is 13.8. The van der Waals surface area contributed by atoms with Gasteiger partial charge in [-0.15, -0.1) is 0 Å². The highest BCUT2D eigenvalue weighted by atomic mass is 19.1. The van der Waals surface area contributed by atoms with Gasteiger partial charge in [-0.25, -0.2) is 8.78 Å². The Kier molecular flexibility index (Phi) is 8.51. The molecule has 1 amide bonds. The first-order valence-electron chi connectivity index (χ1n) is 12.0. The monoisotopic (exact) mass is 496 g/mol. The van der Waals surface area contributed by atoms with E-state index in [1.54, 1.807) is 18.2 Å². The number of nitrogens with one attached hydrogen (secondary N) is 2. The minimum Gasteiger partial charge on any atom is -0.486 e. The molecule has 0 fully saturated rings. The number of halogens is 2. The smallest absolute Gasteiger partial charge is 0.251 e. The van der Waals surface area contributed by atoms with Crippen LogP contribution in [0.2, 0.25) is 0 Å². The van der Waals surface area contributed by atoms with Crippen molar-refractivity contribution in [3.05, 3.63) is 94.6 Å². The molecule has 0 radical (unpaired) electrons. The molecule has 1 aliphatic heterocycles. The topological polar surface area (TPSA) is 79.8 Å². The largest absolute Gasteiger partial charge is 0.486 e. The summed E-state index contributed by atoms with van der Waals surface area (Å²) in [5.41, 5.74) is 2.94. The van der Waals surface area contributed by atoms with E-state index in [-0.39, 0.29) is 13.0 Å². The zero-order chi connectivity index (χ0) is 25.5. The zero-order valence-corrected chi connectivity index (χ0v) is 20.1. The first-order valence-corrected chi connectivity index (χ1v) is 12.0. The molecule has 190 valence electrons. The Hall–Kier alpha value is -3.49. The highest BCUT2D eigenvalue weighted by Crippen LogP contribution is 2.30. The van der Waals surface area contributed by atoms with E-state index in [9.17, 15) is 18.7 Å². The van der Waals surface area contributed by atoms with Crippen molar-refractivity contribution in [2.75, 3.05) is 19.8 Å². The van der Waals surface area contributed by atoms with Crippen LogP contribution in [0.25, 0.3) is 0 Å². The van der Waals surface area contributed by atoms with Crippen LogP contribution in [0.1, 0.15) is 34.0 Å². The van der Waals surface area contributed by atoms with Gasteiger partial charge < -0.3 is 25.2 Å². The van der Waals surface area contributed by atoms with Crippen molar-refractivity contribution in [3.8, 4) is 11.5 Å². The van der Waals surface area contributed by atoms with Gasteiger partial charge in [-0.1, -0.05) is 31.2 Å². The highest BCUT2D eigenvalue weighted by molar-refractivity contribution is 5.95. The Labute approximate surface area is 209 Å². The molecule has 3 aromatic carbocycles. The van der Waals surface area contributed by atoms with Crippen molar-refractivity contribution < 1.29 is 28.2 Å². The Bertz CT molecular complexity index is 1180. The van der Waals surface area contributed by atoms with Gasteiger partial charge in [-0.05, 0) is 59.9 Å². The lowest BCUT2D eigenvalue weighted by Gasteiger charge is -2.25. The first-order chi connectivity index (χ1) is 17.4. The molecule has 6 nitrogen and oxygen atoms in total. The lowest BCUT2D eigenvalue weighted by Crippen LogP contribution is -2.48. The number of aliphatic hydroxyl groups is 1. The van der Waals surface area contributed by atoms with Crippen molar-refractivity contribution >= 4 is 5.91 Å². The number of benzene rings is 3. The van der Waals surface area contributed by atoms with E-state index in [0.29, 0.717) is 42.4 Å². The average molecular weight is 497 g/mol. The van der Waals surface area contributed by atoms with E-state index in [1.807, 2.05) is 12.1 Å². The van der Waals surface area contributed by atoms with Crippen LogP contribution in [0.5, 0.6) is 11.5 Å². The molecule has 36 heavy (non-hydrogen) atoms. The number of amides is 1. The Balaban J connectivity index is 1.46. The number of aryl methyl sites for hydroxylation is 1. The summed E-state index contributed by atoms with van der Waals surface area (Å²) in [4.78, 5) is 13.0. The third kappa shape index (κ3) is 6.80. The standard InChI is InChI=1S/C28H30F2N2O4/c1-2-18-4-3-5-19(10-18)16-31-17-25(33)24(13-20-11-22(29)15-23(30)12-20)32-28(34)21-6-7-26-27(14-21)36-9-8-35-26/h3-7,10-12,14-15,24-25,31,33H,2,8-9,13,16-17H2,1H3,(H,32,34)/t24-,25+/m0/s1. The zero-order valence-electron chi connectivity index (χ0n) is 20.1. The average Bonchev–Trinajstić information content (AvgIpc) is 2.87. The van der Waals surface area contributed by atoms with Crippen LogP contribution in [0, 0.1) is 11.6 Å². The van der Waals surface area contributed by atoms with Crippen LogP contribution >= 0.6 is 0 Å². The van der Waals surface area contributed by atoms with E-state index >= 15 is 0 Å². The number of carbonyl (C=O) groups is 1. The van der Waals surface area contributed by atoms with Gasteiger partial charge in [-0.2, -0.15) is 0 Å². The molecule has 0 saturated heterocycles. The van der Waals surface area contributed by atoms with E-state index in [4.69, 9.17) is 9.47 Å². The summed E-state index contributed by atoms with van der Waals surface area (Å²) in [6.07, 6.45) is -0.0554. The van der Waals surface area contributed by atoms with Crippen molar-refractivity contribution in [2.24, 2.45) is 0 Å². The maximum Gasteiger partial charge on any atom is 0.251 e. The molecule has 1 aliphatic rings. The van der Waals surface area contributed by atoms with Crippen LogP contribution < -0.4 is 20.1 Å². The Morgan fingerprint density at radius 1 is 0.944 bits per heavy atom. The number of fused-ring (bicyclic) bond motifs is 1. The molecular weight excluding hydrogens is 466 g/mol. The molecule has 3 N–H and O–H groups in total. The number of rotatable bonds is 10. The molecule has 8 heteroatoms. The minimum absolute atomic E-state index is 0.0408. The van der Waals surface area contributed by atoms with Gasteiger partial charge in [0.1, 0.15) is 24.8 Å². The summed E-state index contributed by atoms with van der Waals surface area (Å²) in [7, 11) is 0. The number of hydrogen-bond acceptors (Lipinski definition) is 5. The third-order valence-electron chi connectivity index (χ3n) is 6.05. The molecular formula is C28H30F2N2O4. The lowest BCUT2D eigenvalue weighted by molar-refractivity contribution is 0.0829. The van der Waals surface area contributed by atoms with Crippen molar-refractivity contribution in [2.45, 2.75) is 38.5 Å². The van der Waals surface area contributed by atoms with E-state index in [2.05, 4.69) is 29.7 Å². The first kappa shape index (κ1) is 25.6. The molecule has 3 aromatic rings. The summed E-state index contributed by atoms with van der Waals surface area (Å²) in [6.45, 7) is 3.60. The van der Waals surface area contributed by atoms with Crippen LogP contribution in [0.15, 0.2) is 60.7 Å². The van der Waals surface area contributed by atoms with Gasteiger partial charge in [-0.3, -0.25) is 4.79 Å². The molecule has 0 aliphatic carbocycles. The fourth-order valence-electron chi connectivity index (χ4n) is 4.17. The molecule has 0 aromatic heterocycles. The highest BCUT2D eigenvalue weighted by Gasteiger charge is 2.24. The van der Waals surface area contributed by atoms with E-state index < -0.39 is 29.7 Å². The third-order valence-corrected chi connectivity index (χ3v) is 6.05. The van der Waals surface area contributed by atoms with Crippen molar-refractivity contribution in [3.63, 3.8) is 0 Å². The molecule has 2 atom stereocenters. The van der Waals surface area contributed by atoms with Gasteiger partial charge in [0.05, 0.1) is 12.1 Å². The second-order valence-electron chi connectivity index (χ2n) is 8.79. The van der Waals surface area contributed by atoms with Gasteiger partial charge in [0, 0.05) is 24.7 Å². The molecule has 1 heterocycles. The van der Waals surface area contributed by atoms with E-state index in [1.165, 1.54) is 17.7 Å². The number of hydrogen-bond donors (Lipinski definition) is 3. The van der Waals surface area contributed by atoms with Crippen LogP contribution in [0.4, 0.5) is 8.78 Å². The van der Waals surface area contributed by atoms with Gasteiger partial charge >= 0.3 is 0 Å². The maximum absolute atomic E-state index is 13.8. The van der Waals surface area contributed by atoms with E-state index in [0.717, 1.165) is 18.1 Å². The summed E-state index contributed by atoms with van der Waals surface area (Å²) in [5.74, 6) is -0.852. The summed E-state index contributed by atoms with van der Waals surface area (Å²) in [5, 5.41) is 17.0. The summed E-state index contributed by atoms with van der Waals surface area (Å²) >= 11 is 0. The number of ether oxygens (including phenoxy) is 2. The lowest BCUT2D eigenvalue weighted by atomic mass is 10.00. The molecule has 0 saturated carbocycles. The summed E-state index contributed by atoms with van der Waals surface area (Å²) in [6, 6.07) is 15.3. The molecule has 0 unspecified atom stereocenters. The molecule has 0 spiro atoms. The van der Waals surface area contributed by atoms with Gasteiger partial charge in [0.25, 0.3) is 5.91 Å². The summed E-state index contributed by atoms with van der Waals surface area (Å²) < 4.78 is 38.6. The minimum atomic E-state index is -1.02. The van der Waals surface area contributed by atoms with Gasteiger partial charge in [0.15, 0.2) is 11.5 Å². The predicted molar refractivity (Wildman–Crippen MR) is 132 cm³/mol. The van der Waals surface area contributed by atoms with Crippen LogP contribution in [-0.4, -0.2) is 42.9 Å². The fourth-order valence-corrected chi connectivity index (χ4v) is 4.17. The van der Waals surface area contributed by atoms with Crippen molar-refractivity contribution in [1.29, 1.82) is 0 Å². The fraction of sp³-hybridized carbons (Fsp3) is 0.321. The van der Waals surface area contributed by atoms with Crippen LogP contribution in [0.3, 0.4) is 0 Å². The quantitative estimate of drug-likeness (QED) is 0.398. The predicted octanol–water partition coefficient (Wildman–Crippen LogP) is 3.79. The second kappa shape index (κ2) is 12.0. The SMILES string of the molecule is CCc1cccc(CNC[C@@H](O)[C@H](Cc2cc(F)cc(F)c2)NC(=O)c2ccc3c(c2)OCCO3)c1. The van der Waals surface area contributed by atoms with Gasteiger partial charge in [0.2, 0.25) is 0 Å². The Morgan fingerprint density at radius 3 is 2.42 bits per heavy atom. The second-order valence-corrected chi connectivity index (χ2v) is 8.79. The molecule has 4 rings (SSSR count). The Morgan fingerprint density at radius 2 is 1.67 bits per heavy atom. The number of aliphatic hydroxyl groups excluding tert-OH is 1. The van der Waals surface area contributed by atoms with Crippen LogP contribution in [-0.2, 0) is 19.4 Å². The number of carbonyl (C=O) groups excluding carboxylic acids is 1.